The van der Waals surface area contributed by atoms with E-state index in [9.17, 15) is 9.90 Å². The number of ether oxygens (including phenoxy) is 2. The van der Waals surface area contributed by atoms with Gasteiger partial charge in [-0.1, -0.05) is 18.2 Å². The van der Waals surface area contributed by atoms with E-state index in [0.29, 0.717) is 29.0 Å². The molecule has 0 unspecified atom stereocenters. The van der Waals surface area contributed by atoms with Crippen molar-refractivity contribution in [2.45, 2.75) is 12.5 Å². The summed E-state index contributed by atoms with van der Waals surface area (Å²) >= 11 is 1.57. The second-order valence-corrected chi connectivity index (χ2v) is 7.47. The lowest BCUT2D eigenvalue weighted by molar-refractivity contribution is 0.0709. The van der Waals surface area contributed by atoms with Gasteiger partial charge in [-0.05, 0) is 41.8 Å². The highest BCUT2D eigenvalue weighted by molar-refractivity contribution is 7.12. The third kappa shape index (κ3) is 3.56. The largest absolute Gasteiger partial charge is 0.504 e. The molecule has 6 nitrogen and oxygen atoms in total. The summed E-state index contributed by atoms with van der Waals surface area (Å²) in [5, 5.41) is 18.7. The molecule has 0 spiro atoms. The van der Waals surface area contributed by atoms with Crippen LogP contribution in [0.25, 0.3) is 0 Å². The zero-order chi connectivity index (χ0) is 20.4. The Morgan fingerprint density at radius 3 is 2.55 bits per heavy atom. The molecule has 0 saturated heterocycles. The van der Waals surface area contributed by atoms with Gasteiger partial charge in [0.25, 0.3) is 5.91 Å². The predicted molar refractivity (Wildman–Crippen MR) is 112 cm³/mol. The molecular formula is C22H20N2O4S. The maximum atomic E-state index is 13.3. The van der Waals surface area contributed by atoms with Crippen LogP contribution in [-0.2, 0) is 0 Å². The highest BCUT2D eigenvalue weighted by Crippen LogP contribution is 2.42. The SMILES string of the molecule is COc1ccc(C(=O)N2N=C(c3cccs3)C[C@@H]2c2cccc(OC)c2O)cc1. The molecule has 4 rings (SSSR count). The number of benzene rings is 2. The van der Waals surface area contributed by atoms with Crippen LogP contribution in [0.15, 0.2) is 65.1 Å². The third-order valence-corrected chi connectivity index (χ3v) is 5.79. The topological polar surface area (TPSA) is 71.4 Å². The van der Waals surface area contributed by atoms with Crippen molar-refractivity contribution in [1.82, 2.24) is 5.01 Å². The molecule has 2 heterocycles. The molecule has 1 atom stereocenters. The van der Waals surface area contributed by atoms with Crippen molar-refractivity contribution in [2.75, 3.05) is 14.2 Å². The molecule has 29 heavy (non-hydrogen) atoms. The van der Waals surface area contributed by atoms with E-state index in [0.717, 1.165) is 10.6 Å². The molecule has 1 aromatic heterocycles. The van der Waals surface area contributed by atoms with E-state index >= 15 is 0 Å². The summed E-state index contributed by atoms with van der Waals surface area (Å²) in [5.41, 5.74) is 1.91. The van der Waals surface area contributed by atoms with E-state index in [1.807, 2.05) is 17.5 Å². The monoisotopic (exact) mass is 408 g/mol. The molecule has 0 bridgehead atoms. The minimum Gasteiger partial charge on any atom is -0.504 e. The number of rotatable bonds is 5. The van der Waals surface area contributed by atoms with Crippen LogP contribution >= 0.6 is 11.3 Å². The van der Waals surface area contributed by atoms with Crippen molar-refractivity contribution >= 4 is 23.0 Å². The zero-order valence-corrected chi connectivity index (χ0v) is 16.8. The van der Waals surface area contributed by atoms with Gasteiger partial charge in [0.05, 0.1) is 30.9 Å². The van der Waals surface area contributed by atoms with Crippen LogP contribution < -0.4 is 9.47 Å². The first-order valence-corrected chi connectivity index (χ1v) is 9.95. The quantitative estimate of drug-likeness (QED) is 0.677. The maximum absolute atomic E-state index is 13.3. The Morgan fingerprint density at radius 1 is 1.10 bits per heavy atom. The summed E-state index contributed by atoms with van der Waals surface area (Å²) in [7, 11) is 3.08. The Kier molecular flexibility index (Phi) is 5.22. The lowest BCUT2D eigenvalue weighted by atomic mass is 9.99. The van der Waals surface area contributed by atoms with E-state index in [4.69, 9.17) is 9.47 Å². The van der Waals surface area contributed by atoms with E-state index in [1.165, 1.54) is 12.1 Å². The Hall–Kier alpha value is -3.32. The van der Waals surface area contributed by atoms with E-state index in [-0.39, 0.29) is 11.7 Å². The summed E-state index contributed by atoms with van der Waals surface area (Å²) in [5.74, 6) is 0.818. The first-order valence-electron chi connectivity index (χ1n) is 9.07. The van der Waals surface area contributed by atoms with Crippen LogP contribution in [0.5, 0.6) is 17.2 Å². The molecule has 0 radical (unpaired) electrons. The van der Waals surface area contributed by atoms with Crippen LogP contribution in [0, 0.1) is 0 Å². The fourth-order valence-corrected chi connectivity index (χ4v) is 4.09. The van der Waals surface area contributed by atoms with Crippen molar-refractivity contribution in [3.8, 4) is 17.2 Å². The lowest BCUT2D eigenvalue weighted by Crippen LogP contribution is -2.27. The van der Waals surface area contributed by atoms with Gasteiger partial charge < -0.3 is 14.6 Å². The zero-order valence-electron chi connectivity index (χ0n) is 16.0. The Balaban J connectivity index is 1.74. The number of hydrazone groups is 1. The molecular weight excluding hydrogens is 388 g/mol. The number of hydrogen-bond donors (Lipinski definition) is 1. The number of para-hydroxylation sites is 1. The smallest absolute Gasteiger partial charge is 0.274 e. The summed E-state index contributed by atoms with van der Waals surface area (Å²) < 4.78 is 10.4. The number of aromatic hydroxyl groups is 1. The van der Waals surface area contributed by atoms with Crippen molar-refractivity contribution in [3.05, 3.63) is 76.0 Å². The molecule has 2 aromatic carbocycles. The van der Waals surface area contributed by atoms with Gasteiger partial charge in [0.1, 0.15) is 5.75 Å². The average molecular weight is 408 g/mol. The molecule has 3 aromatic rings. The number of carbonyl (C=O) groups excluding carboxylic acids is 1. The fourth-order valence-electron chi connectivity index (χ4n) is 3.37. The van der Waals surface area contributed by atoms with Crippen LogP contribution in [0.2, 0.25) is 0 Å². The van der Waals surface area contributed by atoms with Gasteiger partial charge in [-0.3, -0.25) is 4.79 Å². The van der Waals surface area contributed by atoms with Crippen LogP contribution in [0.1, 0.15) is 33.3 Å². The minimum atomic E-state index is -0.434. The van der Waals surface area contributed by atoms with Crippen molar-refractivity contribution in [1.29, 1.82) is 0 Å². The van der Waals surface area contributed by atoms with Gasteiger partial charge in [-0.2, -0.15) is 5.10 Å². The van der Waals surface area contributed by atoms with Gasteiger partial charge in [0.2, 0.25) is 0 Å². The van der Waals surface area contributed by atoms with Gasteiger partial charge in [-0.25, -0.2) is 5.01 Å². The molecule has 0 aliphatic carbocycles. The van der Waals surface area contributed by atoms with Crippen molar-refractivity contribution in [3.63, 3.8) is 0 Å². The minimum absolute atomic E-state index is 0.0233. The number of nitrogens with zero attached hydrogens (tertiary/aromatic N) is 2. The van der Waals surface area contributed by atoms with E-state index in [2.05, 4.69) is 5.10 Å². The van der Waals surface area contributed by atoms with Crippen molar-refractivity contribution in [2.24, 2.45) is 5.10 Å². The molecule has 0 saturated carbocycles. The van der Waals surface area contributed by atoms with Crippen LogP contribution in [0.4, 0.5) is 0 Å². The highest BCUT2D eigenvalue weighted by Gasteiger charge is 2.36. The number of phenols is 1. The number of thiophene rings is 1. The summed E-state index contributed by atoms with van der Waals surface area (Å²) in [4.78, 5) is 14.3. The van der Waals surface area contributed by atoms with Gasteiger partial charge in [0.15, 0.2) is 11.5 Å². The van der Waals surface area contributed by atoms with Gasteiger partial charge in [-0.15, -0.1) is 11.3 Å². The molecule has 1 aliphatic rings. The fraction of sp³-hybridized carbons (Fsp3) is 0.182. The maximum Gasteiger partial charge on any atom is 0.274 e. The van der Waals surface area contributed by atoms with Gasteiger partial charge in [0, 0.05) is 17.5 Å². The van der Waals surface area contributed by atoms with Crippen molar-refractivity contribution < 1.29 is 19.4 Å². The molecule has 0 fully saturated rings. The molecule has 1 aliphatic heterocycles. The summed E-state index contributed by atoms with van der Waals surface area (Å²) in [6.45, 7) is 0. The average Bonchev–Trinajstić information content (AvgIpc) is 3.43. The third-order valence-electron chi connectivity index (χ3n) is 4.87. The van der Waals surface area contributed by atoms with Gasteiger partial charge >= 0.3 is 0 Å². The second kappa shape index (κ2) is 7.97. The standard InChI is InChI=1S/C22H20N2O4S/c1-27-15-10-8-14(9-11-15)22(26)24-18(13-17(23-24)20-7-4-12-29-20)16-5-3-6-19(28-2)21(16)25/h3-12,18,25H,13H2,1-2H3/t18-/m1/s1. The normalized spacial score (nSPS) is 15.9. The van der Waals surface area contributed by atoms with Crippen LogP contribution in [0.3, 0.4) is 0 Å². The van der Waals surface area contributed by atoms with E-state index in [1.54, 1.807) is 60.9 Å². The number of hydrogen-bond acceptors (Lipinski definition) is 6. The summed E-state index contributed by atoms with van der Waals surface area (Å²) in [6.07, 6.45) is 0.503. The molecule has 7 heteroatoms. The number of carbonyl (C=O) groups is 1. The highest BCUT2D eigenvalue weighted by atomic mass is 32.1. The lowest BCUT2D eigenvalue weighted by Gasteiger charge is -2.23. The van der Waals surface area contributed by atoms with Crippen LogP contribution in [-0.4, -0.2) is 36.0 Å². The van der Waals surface area contributed by atoms with E-state index < -0.39 is 6.04 Å². The Labute approximate surface area is 172 Å². The number of methoxy groups -OCH3 is 2. The molecule has 148 valence electrons. The first-order chi connectivity index (χ1) is 14.1. The molecule has 1 amide bonds. The predicted octanol–water partition coefficient (Wildman–Crippen LogP) is 4.46. The Bertz CT molecular complexity index is 1050. The second-order valence-electron chi connectivity index (χ2n) is 6.52. The number of amides is 1. The Morgan fingerprint density at radius 2 is 1.90 bits per heavy atom. The number of phenolic OH excluding ortho intramolecular Hbond substituents is 1. The summed E-state index contributed by atoms with van der Waals surface area (Å²) in [6, 6.07) is 15.7. The first kappa shape index (κ1) is 19.0. The molecule has 1 N–H and O–H groups in total.